The van der Waals surface area contributed by atoms with Crippen LogP contribution in [0.1, 0.15) is 22.6 Å². The van der Waals surface area contributed by atoms with Crippen molar-refractivity contribution in [1.29, 1.82) is 0 Å². The molecule has 21 heavy (non-hydrogen) atoms. The maximum atomic E-state index is 12.5. The smallest absolute Gasteiger partial charge is 0.233 e. The molecular weight excluding hydrogens is 264 g/mol. The van der Waals surface area contributed by atoms with E-state index in [1.165, 1.54) is 5.56 Å². The highest BCUT2D eigenvalue weighted by Crippen LogP contribution is 2.25. The lowest BCUT2D eigenvalue weighted by atomic mass is 9.90. The second-order valence-corrected chi connectivity index (χ2v) is 5.23. The first-order valence-electron chi connectivity index (χ1n) is 7.07. The van der Waals surface area contributed by atoms with Gasteiger partial charge in [-0.15, -0.1) is 0 Å². The van der Waals surface area contributed by atoms with Gasteiger partial charge >= 0.3 is 0 Å². The molecule has 1 aliphatic rings. The molecule has 0 saturated heterocycles. The third kappa shape index (κ3) is 2.96. The molecule has 3 N–H and O–H groups in total. The molecule has 4 nitrogen and oxygen atoms in total. The first-order valence-corrected chi connectivity index (χ1v) is 7.07. The van der Waals surface area contributed by atoms with E-state index in [2.05, 4.69) is 10.6 Å². The van der Waals surface area contributed by atoms with E-state index in [4.69, 9.17) is 5.11 Å². The van der Waals surface area contributed by atoms with Crippen molar-refractivity contribution in [2.75, 3.05) is 11.9 Å². The summed E-state index contributed by atoms with van der Waals surface area (Å²) in [6.45, 7) is 1.42. The number of carbonyl (C=O) groups is 1. The lowest BCUT2D eigenvalue weighted by molar-refractivity contribution is -0.117. The number of rotatable bonds is 3. The minimum atomic E-state index is -0.187. The number of fused-ring (bicyclic) bond motifs is 1. The van der Waals surface area contributed by atoms with Gasteiger partial charge in [0.25, 0.3) is 0 Å². The molecule has 1 amide bonds. The van der Waals surface area contributed by atoms with Crippen molar-refractivity contribution >= 4 is 11.6 Å². The number of carbonyl (C=O) groups excluding carboxylic acids is 1. The Morgan fingerprint density at radius 2 is 2.10 bits per heavy atom. The van der Waals surface area contributed by atoms with E-state index in [0.29, 0.717) is 6.54 Å². The summed E-state index contributed by atoms with van der Waals surface area (Å²) < 4.78 is 0. The summed E-state index contributed by atoms with van der Waals surface area (Å²) >= 11 is 0. The number of hydrogen-bond acceptors (Lipinski definition) is 3. The maximum Gasteiger partial charge on any atom is 0.233 e. The molecule has 1 heterocycles. The SMILES string of the molecule is O=C(Nc1cccc(CO)c1)C1CNCc2ccccc21. The molecular formula is C17H18N2O2. The van der Waals surface area contributed by atoms with Gasteiger partial charge in [-0.3, -0.25) is 4.79 Å². The zero-order chi connectivity index (χ0) is 14.7. The van der Waals surface area contributed by atoms with Gasteiger partial charge in [-0.1, -0.05) is 36.4 Å². The van der Waals surface area contributed by atoms with Crippen LogP contribution in [0.15, 0.2) is 48.5 Å². The molecule has 2 aromatic carbocycles. The lowest BCUT2D eigenvalue weighted by Gasteiger charge is -2.25. The van der Waals surface area contributed by atoms with Crippen molar-refractivity contribution in [1.82, 2.24) is 5.32 Å². The van der Waals surface area contributed by atoms with E-state index in [-0.39, 0.29) is 18.4 Å². The molecule has 0 radical (unpaired) electrons. The minimum Gasteiger partial charge on any atom is -0.392 e. The number of amides is 1. The van der Waals surface area contributed by atoms with Crippen LogP contribution in [0.5, 0.6) is 0 Å². The summed E-state index contributed by atoms with van der Waals surface area (Å²) in [4.78, 5) is 12.5. The summed E-state index contributed by atoms with van der Waals surface area (Å²) in [5.74, 6) is -0.211. The van der Waals surface area contributed by atoms with Crippen LogP contribution in [0.3, 0.4) is 0 Å². The largest absolute Gasteiger partial charge is 0.392 e. The Morgan fingerprint density at radius 3 is 2.95 bits per heavy atom. The van der Waals surface area contributed by atoms with Crippen LogP contribution in [0.25, 0.3) is 0 Å². The average molecular weight is 282 g/mol. The monoisotopic (exact) mass is 282 g/mol. The van der Waals surface area contributed by atoms with Crippen LogP contribution in [0.4, 0.5) is 5.69 Å². The number of benzene rings is 2. The Bertz CT molecular complexity index is 655. The highest BCUT2D eigenvalue weighted by molar-refractivity contribution is 5.96. The Hall–Kier alpha value is -2.17. The van der Waals surface area contributed by atoms with Crippen molar-refractivity contribution in [3.8, 4) is 0 Å². The molecule has 4 heteroatoms. The van der Waals surface area contributed by atoms with Crippen molar-refractivity contribution < 1.29 is 9.90 Å². The molecule has 0 aromatic heterocycles. The number of anilines is 1. The van der Waals surface area contributed by atoms with Gasteiger partial charge in [0, 0.05) is 18.8 Å². The van der Waals surface area contributed by atoms with Crippen molar-refractivity contribution in [3.63, 3.8) is 0 Å². The zero-order valence-corrected chi connectivity index (χ0v) is 11.7. The van der Waals surface area contributed by atoms with E-state index in [0.717, 1.165) is 23.4 Å². The summed E-state index contributed by atoms with van der Waals surface area (Å²) in [6.07, 6.45) is 0. The number of aliphatic hydroxyl groups excluding tert-OH is 1. The molecule has 1 aliphatic heterocycles. The Labute approximate surface area is 123 Å². The predicted octanol–water partition coefficient (Wildman–Crippen LogP) is 2.00. The summed E-state index contributed by atoms with van der Waals surface area (Å²) in [7, 11) is 0. The fourth-order valence-corrected chi connectivity index (χ4v) is 2.71. The number of aliphatic hydroxyl groups is 1. The van der Waals surface area contributed by atoms with Crippen molar-refractivity contribution in [2.24, 2.45) is 0 Å². The van der Waals surface area contributed by atoms with Crippen molar-refractivity contribution in [2.45, 2.75) is 19.1 Å². The van der Waals surface area contributed by atoms with Gasteiger partial charge in [0.1, 0.15) is 0 Å². The first kappa shape index (κ1) is 13.8. The molecule has 2 aromatic rings. The van der Waals surface area contributed by atoms with E-state index >= 15 is 0 Å². The lowest BCUT2D eigenvalue weighted by Crippen LogP contribution is -2.35. The number of hydrogen-bond donors (Lipinski definition) is 3. The predicted molar refractivity (Wildman–Crippen MR) is 81.9 cm³/mol. The van der Waals surface area contributed by atoms with Crippen LogP contribution in [-0.2, 0) is 17.9 Å². The molecule has 0 bridgehead atoms. The zero-order valence-electron chi connectivity index (χ0n) is 11.7. The second kappa shape index (κ2) is 6.08. The van der Waals surface area contributed by atoms with Gasteiger partial charge in [0.05, 0.1) is 12.5 Å². The van der Waals surface area contributed by atoms with E-state index in [1.54, 1.807) is 6.07 Å². The molecule has 1 unspecified atom stereocenters. The minimum absolute atomic E-state index is 0.0234. The van der Waals surface area contributed by atoms with Crippen LogP contribution >= 0.6 is 0 Å². The van der Waals surface area contributed by atoms with Crippen LogP contribution < -0.4 is 10.6 Å². The second-order valence-electron chi connectivity index (χ2n) is 5.23. The highest BCUT2D eigenvalue weighted by atomic mass is 16.3. The third-order valence-corrected chi connectivity index (χ3v) is 3.79. The van der Waals surface area contributed by atoms with Gasteiger partial charge in [-0.2, -0.15) is 0 Å². The molecule has 3 rings (SSSR count). The van der Waals surface area contributed by atoms with Crippen molar-refractivity contribution in [3.05, 3.63) is 65.2 Å². The molecule has 0 spiro atoms. The molecule has 0 fully saturated rings. The van der Waals surface area contributed by atoms with Crippen LogP contribution in [0, 0.1) is 0 Å². The van der Waals surface area contributed by atoms with Crippen LogP contribution in [0.2, 0.25) is 0 Å². The molecule has 0 aliphatic carbocycles. The Balaban J connectivity index is 1.80. The first-order chi connectivity index (χ1) is 10.3. The Morgan fingerprint density at radius 1 is 1.24 bits per heavy atom. The maximum absolute atomic E-state index is 12.5. The quantitative estimate of drug-likeness (QED) is 0.807. The van der Waals surface area contributed by atoms with Gasteiger partial charge in [-0.25, -0.2) is 0 Å². The topological polar surface area (TPSA) is 61.4 Å². The molecule has 108 valence electrons. The standard InChI is InChI=1S/C17H18N2O2/c20-11-12-4-3-6-14(8-12)19-17(21)16-10-18-9-13-5-1-2-7-15(13)16/h1-8,16,18,20H,9-11H2,(H,19,21). The third-order valence-electron chi connectivity index (χ3n) is 3.79. The highest BCUT2D eigenvalue weighted by Gasteiger charge is 2.25. The summed E-state index contributed by atoms with van der Waals surface area (Å²) in [5.41, 5.74) is 3.77. The van der Waals surface area contributed by atoms with E-state index in [9.17, 15) is 4.79 Å². The summed E-state index contributed by atoms with van der Waals surface area (Å²) in [5, 5.41) is 15.4. The number of nitrogens with one attached hydrogen (secondary N) is 2. The summed E-state index contributed by atoms with van der Waals surface area (Å²) in [6, 6.07) is 15.3. The fraction of sp³-hybridized carbons (Fsp3) is 0.235. The van der Waals surface area contributed by atoms with Gasteiger partial charge in [0.2, 0.25) is 5.91 Å². The Kier molecular flexibility index (Phi) is 3.99. The molecule has 0 saturated carbocycles. The average Bonchev–Trinajstić information content (AvgIpc) is 2.54. The molecule has 1 atom stereocenters. The van der Waals surface area contributed by atoms with Crippen LogP contribution in [-0.4, -0.2) is 17.6 Å². The fourth-order valence-electron chi connectivity index (χ4n) is 2.71. The van der Waals surface area contributed by atoms with E-state index < -0.39 is 0 Å². The normalized spacial score (nSPS) is 17.1. The van der Waals surface area contributed by atoms with Gasteiger partial charge in [-0.05, 0) is 28.8 Å². The van der Waals surface area contributed by atoms with Gasteiger partial charge in [0.15, 0.2) is 0 Å². The van der Waals surface area contributed by atoms with E-state index in [1.807, 2.05) is 42.5 Å². The van der Waals surface area contributed by atoms with Gasteiger partial charge < -0.3 is 15.7 Å².